The van der Waals surface area contributed by atoms with E-state index in [9.17, 15) is 14.3 Å². The SMILES string of the molecule is CC(C)CCC(=O)NCC(O)c1ccccc1F. The maximum atomic E-state index is 13.3. The van der Waals surface area contributed by atoms with E-state index in [2.05, 4.69) is 5.32 Å². The molecule has 4 heteroatoms. The van der Waals surface area contributed by atoms with Crippen LogP contribution in [0.2, 0.25) is 0 Å². The zero-order valence-corrected chi connectivity index (χ0v) is 10.8. The van der Waals surface area contributed by atoms with E-state index in [1.165, 1.54) is 12.1 Å². The summed E-state index contributed by atoms with van der Waals surface area (Å²) in [5, 5.41) is 12.4. The van der Waals surface area contributed by atoms with Crippen molar-refractivity contribution < 1.29 is 14.3 Å². The molecule has 1 amide bonds. The van der Waals surface area contributed by atoms with Crippen molar-refractivity contribution in [2.75, 3.05) is 6.54 Å². The minimum atomic E-state index is -1.01. The number of nitrogens with one attached hydrogen (secondary N) is 1. The van der Waals surface area contributed by atoms with Crippen molar-refractivity contribution in [3.63, 3.8) is 0 Å². The van der Waals surface area contributed by atoms with Crippen LogP contribution < -0.4 is 5.32 Å². The lowest BCUT2D eigenvalue weighted by atomic mass is 10.1. The van der Waals surface area contributed by atoms with Crippen LogP contribution >= 0.6 is 0 Å². The molecular weight excluding hydrogens is 233 g/mol. The fraction of sp³-hybridized carbons (Fsp3) is 0.500. The maximum absolute atomic E-state index is 13.3. The van der Waals surface area contributed by atoms with E-state index < -0.39 is 11.9 Å². The number of rotatable bonds is 6. The topological polar surface area (TPSA) is 49.3 Å². The van der Waals surface area contributed by atoms with E-state index in [0.717, 1.165) is 6.42 Å². The van der Waals surface area contributed by atoms with Crippen LogP contribution in [0.15, 0.2) is 24.3 Å². The maximum Gasteiger partial charge on any atom is 0.220 e. The zero-order valence-electron chi connectivity index (χ0n) is 10.8. The molecule has 0 bridgehead atoms. The normalized spacial score (nSPS) is 12.5. The van der Waals surface area contributed by atoms with Gasteiger partial charge in [-0.15, -0.1) is 0 Å². The van der Waals surface area contributed by atoms with Gasteiger partial charge in [0, 0.05) is 18.5 Å². The van der Waals surface area contributed by atoms with Crippen LogP contribution in [-0.2, 0) is 4.79 Å². The molecule has 0 heterocycles. The van der Waals surface area contributed by atoms with Gasteiger partial charge >= 0.3 is 0 Å². The average molecular weight is 253 g/mol. The third-order valence-electron chi connectivity index (χ3n) is 2.71. The number of hydrogen-bond acceptors (Lipinski definition) is 2. The Balaban J connectivity index is 2.39. The number of aliphatic hydroxyl groups is 1. The zero-order chi connectivity index (χ0) is 13.5. The summed E-state index contributed by atoms with van der Waals surface area (Å²) in [4.78, 5) is 11.5. The third kappa shape index (κ3) is 4.84. The minimum absolute atomic E-state index is 0.0395. The molecule has 0 aromatic heterocycles. The monoisotopic (exact) mass is 253 g/mol. The summed E-state index contributed by atoms with van der Waals surface area (Å²) in [5.74, 6) is -0.104. The van der Waals surface area contributed by atoms with Crippen molar-refractivity contribution in [2.45, 2.75) is 32.8 Å². The summed E-state index contributed by atoms with van der Waals surface area (Å²) >= 11 is 0. The van der Waals surface area contributed by atoms with Crippen LogP contribution in [0, 0.1) is 11.7 Å². The summed E-state index contributed by atoms with van der Waals surface area (Å²) in [6.07, 6.45) is 0.234. The van der Waals surface area contributed by atoms with Gasteiger partial charge < -0.3 is 10.4 Å². The van der Waals surface area contributed by atoms with Gasteiger partial charge in [-0.05, 0) is 18.4 Å². The molecule has 1 rings (SSSR count). The van der Waals surface area contributed by atoms with E-state index in [1.54, 1.807) is 12.1 Å². The van der Waals surface area contributed by atoms with Crippen LogP contribution in [-0.4, -0.2) is 17.6 Å². The lowest BCUT2D eigenvalue weighted by molar-refractivity contribution is -0.121. The van der Waals surface area contributed by atoms with Gasteiger partial charge in [-0.1, -0.05) is 32.0 Å². The van der Waals surface area contributed by atoms with Crippen molar-refractivity contribution in [3.05, 3.63) is 35.6 Å². The first kappa shape index (κ1) is 14.6. The van der Waals surface area contributed by atoms with Crippen molar-refractivity contribution in [1.82, 2.24) is 5.32 Å². The fourth-order valence-corrected chi connectivity index (χ4v) is 1.57. The predicted molar refractivity (Wildman–Crippen MR) is 68.4 cm³/mol. The van der Waals surface area contributed by atoms with Crippen LogP contribution in [0.4, 0.5) is 4.39 Å². The molecule has 0 radical (unpaired) electrons. The number of amides is 1. The molecule has 18 heavy (non-hydrogen) atoms. The van der Waals surface area contributed by atoms with Crippen LogP contribution in [0.1, 0.15) is 38.4 Å². The highest BCUT2D eigenvalue weighted by atomic mass is 19.1. The molecule has 1 aromatic rings. The first-order chi connectivity index (χ1) is 8.50. The first-order valence-corrected chi connectivity index (χ1v) is 6.20. The largest absolute Gasteiger partial charge is 0.386 e. The van der Waals surface area contributed by atoms with Crippen LogP contribution in [0.25, 0.3) is 0 Å². The van der Waals surface area contributed by atoms with Crippen LogP contribution in [0.5, 0.6) is 0 Å². The Morgan fingerprint density at radius 1 is 1.39 bits per heavy atom. The van der Waals surface area contributed by atoms with Gasteiger partial charge in [0.25, 0.3) is 0 Å². The number of aliphatic hydroxyl groups excluding tert-OH is 1. The highest BCUT2D eigenvalue weighted by Crippen LogP contribution is 2.15. The Hall–Kier alpha value is -1.42. The van der Waals surface area contributed by atoms with Gasteiger partial charge in [-0.3, -0.25) is 4.79 Å². The molecule has 0 aliphatic carbocycles. The van der Waals surface area contributed by atoms with Gasteiger partial charge in [0.05, 0.1) is 6.10 Å². The number of halogens is 1. The summed E-state index contributed by atoms with van der Waals surface area (Å²) in [6, 6.07) is 6.02. The molecule has 100 valence electrons. The summed E-state index contributed by atoms with van der Waals surface area (Å²) in [5.41, 5.74) is 0.210. The van der Waals surface area contributed by atoms with Gasteiger partial charge in [-0.25, -0.2) is 4.39 Å². The quantitative estimate of drug-likeness (QED) is 0.818. The Morgan fingerprint density at radius 3 is 2.67 bits per heavy atom. The second kappa shape index (κ2) is 7.11. The first-order valence-electron chi connectivity index (χ1n) is 6.20. The summed E-state index contributed by atoms with van der Waals surface area (Å²) < 4.78 is 13.3. The Morgan fingerprint density at radius 2 is 2.06 bits per heavy atom. The van der Waals surface area contributed by atoms with E-state index in [0.29, 0.717) is 12.3 Å². The molecule has 0 saturated carbocycles. The average Bonchev–Trinajstić information content (AvgIpc) is 2.34. The molecule has 3 nitrogen and oxygen atoms in total. The Kier molecular flexibility index (Phi) is 5.78. The number of carbonyl (C=O) groups is 1. The number of hydrogen-bond donors (Lipinski definition) is 2. The molecule has 0 spiro atoms. The summed E-state index contributed by atoms with van der Waals surface area (Å²) in [7, 11) is 0. The molecule has 1 atom stereocenters. The van der Waals surface area contributed by atoms with Crippen molar-refractivity contribution in [1.29, 1.82) is 0 Å². The van der Waals surface area contributed by atoms with Gasteiger partial charge in [0.15, 0.2) is 0 Å². The van der Waals surface area contributed by atoms with E-state index >= 15 is 0 Å². The lowest BCUT2D eigenvalue weighted by Crippen LogP contribution is -2.28. The molecule has 1 unspecified atom stereocenters. The molecule has 2 N–H and O–H groups in total. The fourth-order valence-electron chi connectivity index (χ4n) is 1.57. The summed E-state index contributed by atoms with van der Waals surface area (Å²) in [6.45, 7) is 4.13. The standard InChI is InChI=1S/C14H20FNO2/c1-10(2)7-8-14(18)16-9-13(17)11-5-3-4-6-12(11)15/h3-6,10,13,17H,7-9H2,1-2H3,(H,16,18). The molecule has 0 aliphatic heterocycles. The highest BCUT2D eigenvalue weighted by Gasteiger charge is 2.13. The number of carbonyl (C=O) groups excluding carboxylic acids is 1. The number of benzene rings is 1. The van der Waals surface area contributed by atoms with Crippen molar-refractivity contribution in [2.24, 2.45) is 5.92 Å². The second-order valence-corrected chi connectivity index (χ2v) is 4.77. The second-order valence-electron chi connectivity index (χ2n) is 4.77. The van der Waals surface area contributed by atoms with Crippen molar-refractivity contribution >= 4 is 5.91 Å². The Labute approximate surface area is 107 Å². The van der Waals surface area contributed by atoms with E-state index in [-0.39, 0.29) is 18.0 Å². The smallest absolute Gasteiger partial charge is 0.220 e. The minimum Gasteiger partial charge on any atom is -0.386 e. The third-order valence-corrected chi connectivity index (χ3v) is 2.71. The molecule has 1 aromatic carbocycles. The molecule has 0 fully saturated rings. The predicted octanol–water partition coefficient (Wildman–Crippen LogP) is 2.41. The van der Waals surface area contributed by atoms with Gasteiger partial charge in [0.1, 0.15) is 5.82 Å². The van der Waals surface area contributed by atoms with Crippen LogP contribution in [0.3, 0.4) is 0 Å². The molecular formula is C14H20FNO2. The van der Waals surface area contributed by atoms with Gasteiger partial charge in [-0.2, -0.15) is 0 Å². The van der Waals surface area contributed by atoms with Gasteiger partial charge in [0.2, 0.25) is 5.91 Å². The molecule has 0 saturated heterocycles. The van der Waals surface area contributed by atoms with E-state index in [4.69, 9.17) is 0 Å². The Bertz CT molecular complexity index is 393. The highest BCUT2D eigenvalue weighted by molar-refractivity contribution is 5.75. The van der Waals surface area contributed by atoms with E-state index in [1.807, 2.05) is 13.8 Å². The van der Waals surface area contributed by atoms with Crippen molar-refractivity contribution in [3.8, 4) is 0 Å². The molecule has 0 aliphatic rings. The lowest BCUT2D eigenvalue weighted by Gasteiger charge is -2.13.